The molecule has 3 aromatic rings. The summed E-state index contributed by atoms with van der Waals surface area (Å²) in [6.45, 7) is 4.29. The van der Waals surface area contributed by atoms with Gasteiger partial charge in [0.05, 0.1) is 5.69 Å². The van der Waals surface area contributed by atoms with E-state index in [-0.39, 0.29) is 18.0 Å². The fraction of sp³-hybridized carbons (Fsp3) is 0.333. The highest BCUT2D eigenvalue weighted by Crippen LogP contribution is 2.14. The first-order valence-electron chi connectivity index (χ1n) is 9.01. The van der Waals surface area contributed by atoms with Gasteiger partial charge in [-0.1, -0.05) is 0 Å². The number of aryl methyl sites for hydroxylation is 1. The van der Waals surface area contributed by atoms with E-state index in [2.05, 4.69) is 25.3 Å². The zero-order valence-corrected chi connectivity index (χ0v) is 15.5. The lowest BCUT2D eigenvalue weighted by Gasteiger charge is -2.35. The zero-order valence-electron chi connectivity index (χ0n) is 15.5. The Hall–Kier alpha value is -3.56. The second-order valence-electron chi connectivity index (χ2n) is 6.54. The van der Waals surface area contributed by atoms with E-state index in [0.29, 0.717) is 32.0 Å². The molecule has 4 heterocycles. The average Bonchev–Trinajstić information content (AvgIpc) is 3.16. The number of piperazine rings is 1. The molecule has 10 heteroatoms. The van der Waals surface area contributed by atoms with E-state index in [9.17, 15) is 9.59 Å². The SMILES string of the molecule is Cc1ccn(-c2ccc(N3CCN(C(=O)Cn4ncccc4=O)CC3)nn2)n1. The molecule has 1 amide bonds. The molecule has 28 heavy (non-hydrogen) atoms. The molecule has 0 saturated carbocycles. The van der Waals surface area contributed by atoms with Gasteiger partial charge in [-0.25, -0.2) is 9.36 Å². The van der Waals surface area contributed by atoms with Crippen molar-refractivity contribution >= 4 is 11.7 Å². The minimum absolute atomic E-state index is 0.0442. The molecule has 0 N–H and O–H groups in total. The Balaban J connectivity index is 1.35. The number of hydrogen-bond acceptors (Lipinski definition) is 7. The van der Waals surface area contributed by atoms with Crippen molar-refractivity contribution in [1.29, 1.82) is 0 Å². The van der Waals surface area contributed by atoms with Crippen LogP contribution in [-0.2, 0) is 11.3 Å². The quantitative estimate of drug-likeness (QED) is 0.622. The van der Waals surface area contributed by atoms with Gasteiger partial charge in [0.2, 0.25) is 5.91 Å². The van der Waals surface area contributed by atoms with Crippen LogP contribution < -0.4 is 10.5 Å². The smallest absolute Gasteiger partial charge is 0.267 e. The minimum atomic E-state index is -0.280. The normalized spacial score (nSPS) is 14.3. The lowest BCUT2D eigenvalue weighted by atomic mass is 10.3. The first kappa shape index (κ1) is 17.8. The second kappa shape index (κ2) is 7.59. The third kappa shape index (κ3) is 3.75. The Bertz CT molecular complexity index is 1020. The van der Waals surface area contributed by atoms with Crippen molar-refractivity contribution in [3.05, 3.63) is 58.8 Å². The van der Waals surface area contributed by atoms with Gasteiger partial charge in [0.15, 0.2) is 11.6 Å². The Morgan fingerprint density at radius 2 is 1.79 bits per heavy atom. The van der Waals surface area contributed by atoms with E-state index in [1.54, 1.807) is 15.6 Å². The molecule has 0 bridgehead atoms. The van der Waals surface area contributed by atoms with Gasteiger partial charge in [-0.15, -0.1) is 10.2 Å². The van der Waals surface area contributed by atoms with E-state index >= 15 is 0 Å². The Kier molecular flexibility index (Phi) is 4.83. The van der Waals surface area contributed by atoms with Crippen molar-refractivity contribution in [3.8, 4) is 5.82 Å². The maximum Gasteiger partial charge on any atom is 0.267 e. The molecule has 144 valence electrons. The van der Waals surface area contributed by atoms with Crippen molar-refractivity contribution in [3.63, 3.8) is 0 Å². The van der Waals surface area contributed by atoms with Crippen LogP contribution in [-0.4, -0.2) is 66.7 Å². The lowest BCUT2D eigenvalue weighted by molar-refractivity contribution is -0.132. The maximum absolute atomic E-state index is 12.4. The molecule has 0 aliphatic carbocycles. The van der Waals surface area contributed by atoms with Gasteiger partial charge in [0, 0.05) is 44.6 Å². The third-order valence-corrected chi connectivity index (χ3v) is 4.62. The second-order valence-corrected chi connectivity index (χ2v) is 6.54. The van der Waals surface area contributed by atoms with Gasteiger partial charge in [-0.3, -0.25) is 9.59 Å². The van der Waals surface area contributed by atoms with Crippen molar-refractivity contribution < 1.29 is 4.79 Å². The summed E-state index contributed by atoms with van der Waals surface area (Å²) in [5.74, 6) is 1.31. The number of rotatable bonds is 4. The number of aromatic nitrogens is 6. The summed E-state index contributed by atoms with van der Waals surface area (Å²) in [6, 6.07) is 8.64. The van der Waals surface area contributed by atoms with E-state index < -0.39 is 0 Å². The first-order valence-corrected chi connectivity index (χ1v) is 9.01. The molecule has 4 rings (SSSR count). The molecule has 0 unspecified atom stereocenters. The largest absolute Gasteiger partial charge is 0.352 e. The van der Waals surface area contributed by atoms with E-state index in [0.717, 1.165) is 11.5 Å². The summed E-state index contributed by atoms with van der Waals surface area (Å²) >= 11 is 0. The van der Waals surface area contributed by atoms with Crippen LogP contribution in [0.4, 0.5) is 5.82 Å². The van der Waals surface area contributed by atoms with Crippen molar-refractivity contribution in [2.75, 3.05) is 31.1 Å². The highest BCUT2D eigenvalue weighted by Gasteiger charge is 2.22. The van der Waals surface area contributed by atoms with Gasteiger partial charge < -0.3 is 9.80 Å². The molecular weight excluding hydrogens is 360 g/mol. The Morgan fingerprint density at radius 3 is 2.43 bits per heavy atom. The number of carbonyl (C=O) groups is 1. The number of amides is 1. The summed E-state index contributed by atoms with van der Waals surface area (Å²) in [7, 11) is 0. The molecule has 1 fully saturated rings. The summed E-state index contributed by atoms with van der Waals surface area (Å²) in [5.41, 5.74) is 0.636. The van der Waals surface area contributed by atoms with Gasteiger partial charge >= 0.3 is 0 Å². The topological polar surface area (TPSA) is 102 Å². The van der Waals surface area contributed by atoms with Gasteiger partial charge in [-0.05, 0) is 31.2 Å². The number of hydrogen-bond donors (Lipinski definition) is 0. The molecule has 1 aliphatic rings. The van der Waals surface area contributed by atoms with Crippen LogP contribution in [0.15, 0.2) is 47.5 Å². The average molecular weight is 380 g/mol. The van der Waals surface area contributed by atoms with Crippen LogP contribution in [0.25, 0.3) is 5.82 Å². The monoisotopic (exact) mass is 380 g/mol. The van der Waals surface area contributed by atoms with Crippen molar-refractivity contribution in [2.45, 2.75) is 13.5 Å². The molecular formula is C18H20N8O2. The van der Waals surface area contributed by atoms with Crippen LogP contribution in [0, 0.1) is 6.92 Å². The number of nitrogens with zero attached hydrogens (tertiary/aromatic N) is 8. The van der Waals surface area contributed by atoms with Crippen LogP contribution in [0.5, 0.6) is 0 Å². The molecule has 0 atom stereocenters. The fourth-order valence-electron chi connectivity index (χ4n) is 3.07. The standard InChI is InChI=1S/C18H20N8O2/c1-14-6-8-25(22-14)16-5-4-15(20-21-16)23-9-11-24(12-10-23)18(28)13-26-17(27)3-2-7-19-26/h2-8H,9-13H2,1H3. The van der Waals surface area contributed by atoms with Crippen LogP contribution >= 0.6 is 0 Å². The predicted octanol–water partition coefficient (Wildman–Crippen LogP) is -0.124. The molecule has 0 spiro atoms. The maximum atomic E-state index is 12.4. The molecule has 1 aliphatic heterocycles. The van der Waals surface area contributed by atoms with Crippen LogP contribution in [0.1, 0.15) is 5.69 Å². The third-order valence-electron chi connectivity index (χ3n) is 4.62. The minimum Gasteiger partial charge on any atom is -0.352 e. The predicted molar refractivity (Wildman–Crippen MR) is 101 cm³/mol. The number of carbonyl (C=O) groups excluding carboxylic acids is 1. The first-order chi connectivity index (χ1) is 13.6. The highest BCUT2D eigenvalue weighted by atomic mass is 16.2. The molecule has 0 aromatic carbocycles. The van der Waals surface area contributed by atoms with Gasteiger partial charge in [0.25, 0.3) is 5.56 Å². The Labute approximate surface area is 161 Å². The van der Waals surface area contributed by atoms with E-state index in [4.69, 9.17) is 0 Å². The molecule has 3 aromatic heterocycles. The lowest BCUT2D eigenvalue weighted by Crippen LogP contribution is -2.50. The molecule has 0 radical (unpaired) electrons. The van der Waals surface area contributed by atoms with Crippen LogP contribution in [0.2, 0.25) is 0 Å². The summed E-state index contributed by atoms with van der Waals surface area (Å²) in [6.07, 6.45) is 3.34. The molecule has 1 saturated heterocycles. The van der Waals surface area contributed by atoms with Gasteiger partial charge in [-0.2, -0.15) is 10.2 Å². The fourth-order valence-corrected chi connectivity index (χ4v) is 3.07. The van der Waals surface area contributed by atoms with Crippen molar-refractivity contribution in [1.82, 2.24) is 34.7 Å². The summed E-state index contributed by atoms with van der Waals surface area (Å²) < 4.78 is 2.86. The summed E-state index contributed by atoms with van der Waals surface area (Å²) in [4.78, 5) is 28.0. The summed E-state index contributed by atoms with van der Waals surface area (Å²) in [5, 5.41) is 16.8. The van der Waals surface area contributed by atoms with E-state index in [1.165, 1.54) is 16.9 Å². The van der Waals surface area contributed by atoms with Gasteiger partial charge in [0.1, 0.15) is 6.54 Å². The van der Waals surface area contributed by atoms with E-state index in [1.807, 2.05) is 31.3 Å². The zero-order chi connectivity index (χ0) is 19.5. The Morgan fingerprint density at radius 1 is 1.04 bits per heavy atom. The van der Waals surface area contributed by atoms with Crippen molar-refractivity contribution in [2.24, 2.45) is 0 Å². The van der Waals surface area contributed by atoms with Crippen LogP contribution in [0.3, 0.4) is 0 Å². The highest BCUT2D eigenvalue weighted by molar-refractivity contribution is 5.76. The number of anilines is 1. The molecule has 10 nitrogen and oxygen atoms in total.